The van der Waals surface area contributed by atoms with Gasteiger partial charge in [0.2, 0.25) is 0 Å². The fourth-order valence-electron chi connectivity index (χ4n) is 1.90. The second kappa shape index (κ2) is 8.68. The molecule has 0 unspecified atom stereocenters. The van der Waals surface area contributed by atoms with Crippen LogP contribution in [-0.4, -0.2) is 25.3 Å². The molecule has 0 saturated heterocycles. The van der Waals surface area contributed by atoms with Crippen LogP contribution in [0.1, 0.15) is 18.1 Å². The normalized spacial score (nSPS) is 9.43. The Kier molecular flexibility index (Phi) is 6.93. The summed E-state index contributed by atoms with van der Waals surface area (Å²) in [6, 6.07) is 10.5. The highest BCUT2D eigenvalue weighted by Crippen LogP contribution is 2.27. The molecule has 2 aromatic rings. The van der Waals surface area contributed by atoms with Crippen LogP contribution in [0.4, 0.5) is 0 Å². The molecule has 5 nitrogen and oxygen atoms in total. The summed E-state index contributed by atoms with van der Waals surface area (Å²) >= 11 is 0. The summed E-state index contributed by atoms with van der Waals surface area (Å²) in [5.41, 5.74) is 1.62. The lowest BCUT2D eigenvalue weighted by atomic mass is 10.2. The lowest BCUT2D eigenvalue weighted by Crippen LogP contribution is -2.03. The van der Waals surface area contributed by atoms with E-state index in [0.717, 1.165) is 22.6 Å². The zero-order valence-corrected chi connectivity index (χ0v) is 14.0. The van der Waals surface area contributed by atoms with Crippen molar-refractivity contribution in [3.05, 3.63) is 47.5 Å². The summed E-state index contributed by atoms with van der Waals surface area (Å²) in [6.07, 6.45) is 0. The van der Waals surface area contributed by atoms with Gasteiger partial charge >= 0.3 is 5.97 Å². The van der Waals surface area contributed by atoms with Crippen molar-refractivity contribution in [3.8, 4) is 23.0 Å². The molecule has 0 aliphatic heterocycles. The number of carbonyl (C=O) groups excluding carboxylic acids is 1. The Labute approximate surface area is 136 Å². The van der Waals surface area contributed by atoms with Crippen molar-refractivity contribution in [2.24, 2.45) is 0 Å². The van der Waals surface area contributed by atoms with Crippen molar-refractivity contribution < 1.29 is 24.1 Å². The molecule has 23 heavy (non-hydrogen) atoms. The lowest BCUT2D eigenvalue weighted by molar-refractivity contribution is -0.131. The highest BCUT2D eigenvalue weighted by molar-refractivity contribution is 5.70. The van der Waals surface area contributed by atoms with E-state index >= 15 is 0 Å². The van der Waals surface area contributed by atoms with E-state index in [0.29, 0.717) is 5.75 Å². The minimum absolute atomic E-state index is 0.277. The first-order valence-corrected chi connectivity index (χ1v) is 7.05. The Bertz CT molecular complexity index is 664. The van der Waals surface area contributed by atoms with Crippen LogP contribution in [0.25, 0.3) is 0 Å². The first-order chi connectivity index (χ1) is 10.9. The number of hydrogen-bond donors (Lipinski definition) is 1. The highest BCUT2D eigenvalue weighted by Gasteiger charge is 2.06. The van der Waals surface area contributed by atoms with Crippen molar-refractivity contribution in [2.45, 2.75) is 20.8 Å². The van der Waals surface area contributed by atoms with E-state index in [9.17, 15) is 4.79 Å². The molecule has 0 bridgehead atoms. The van der Waals surface area contributed by atoms with Crippen molar-refractivity contribution >= 4 is 5.97 Å². The van der Waals surface area contributed by atoms with Gasteiger partial charge in [0, 0.05) is 18.1 Å². The molecule has 0 heterocycles. The molecular weight excluding hydrogens is 296 g/mol. The van der Waals surface area contributed by atoms with Crippen LogP contribution in [0.5, 0.6) is 23.0 Å². The van der Waals surface area contributed by atoms with E-state index in [1.165, 1.54) is 6.92 Å². The van der Waals surface area contributed by atoms with Crippen LogP contribution in [0.15, 0.2) is 36.4 Å². The van der Waals surface area contributed by atoms with E-state index in [-0.39, 0.29) is 11.7 Å². The minimum atomic E-state index is -0.323. The van der Waals surface area contributed by atoms with E-state index in [4.69, 9.17) is 19.3 Å². The zero-order valence-electron chi connectivity index (χ0n) is 14.0. The number of hydrogen-bond acceptors (Lipinski definition) is 5. The molecule has 1 N–H and O–H groups in total. The number of benzene rings is 2. The fraction of sp³-hybridized carbons (Fsp3) is 0.278. The standard InChI is InChI=1S/C10H12O3.C8H10O2/c1-7-9(12-3)5-4-6-10(7)13-8(2)11;1-6-7(9)4-3-5-8(6)10-2/h4-6H,1-3H3;3-5,9H,1-2H3. The average molecular weight is 318 g/mol. The van der Waals surface area contributed by atoms with Crippen molar-refractivity contribution in [1.82, 2.24) is 0 Å². The Morgan fingerprint density at radius 2 is 1.35 bits per heavy atom. The third-order valence-electron chi connectivity index (χ3n) is 3.18. The molecule has 0 amide bonds. The van der Waals surface area contributed by atoms with E-state index in [1.54, 1.807) is 38.5 Å². The van der Waals surface area contributed by atoms with Gasteiger partial charge in [0.15, 0.2) is 0 Å². The van der Waals surface area contributed by atoms with Gasteiger partial charge in [0.25, 0.3) is 0 Å². The second-order valence-corrected chi connectivity index (χ2v) is 4.78. The number of rotatable bonds is 3. The molecule has 0 aliphatic carbocycles. The molecule has 0 fully saturated rings. The van der Waals surface area contributed by atoms with Crippen molar-refractivity contribution in [1.29, 1.82) is 0 Å². The summed E-state index contributed by atoms with van der Waals surface area (Å²) in [6.45, 7) is 5.03. The molecule has 2 aromatic carbocycles. The number of ether oxygens (including phenoxy) is 3. The largest absolute Gasteiger partial charge is 0.508 e. The Balaban J connectivity index is 0.000000238. The maximum atomic E-state index is 10.7. The second-order valence-electron chi connectivity index (χ2n) is 4.78. The molecule has 0 atom stereocenters. The van der Waals surface area contributed by atoms with Crippen LogP contribution >= 0.6 is 0 Å². The fourth-order valence-corrected chi connectivity index (χ4v) is 1.90. The quantitative estimate of drug-likeness (QED) is 0.691. The summed E-state index contributed by atoms with van der Waals surface area (Å²) in [7, 11) is 3.17. The van der Waals surface area contributed by atoms with Crippen LogP contribution < -0.4 is 14.2 Å². The molecule has 0 aliphatic rings. The summed E-state index contributed by atoms with van der Waals surface area (Å²) in [5.74, 6) is 1.95. The Morgan fingerprint density at radius 1 is 0.870 bits per heavy atom. The monoisotopic (exact) mass is 318 g/mol. The smallest absolute Gasteiger partial charge is 0.308 e. The first-order valence-electron chi connectivity index (χ1n) is 7.05. The summed E-state index contributed by atoms with van der Waals surface area (Å²) < 4.78 is 15.0. The van der Waals surface area contributed by atoms with Gasteiger partial charge in [0.05, 0.1) is 14.2 Å². The number of phenolic OH excluding ortho intramolecular Hbond substituents is 1. The molecular formula is C18H22O5. The molecule has 124 valence electrons. The number of esters is 1. The van der Waals surface area contributed by atoms with Crippen LogP contribution in [-0.2, 0) is 4.79 Å². The third-order valence-corrected chi connectivity index (χ3v) is 3.18. The molecule has 2 rings (SSSR count). The molecule has 0 radical (unpaired) electrons. The van der Waals surface area contributed by atoms with Crippen molar-refractivity contribution in [2.75, 3.05) is 14.2 Å². The topological polar surface area (TPSA) is 65.0 Å². The van der Waals surface area contributed by atoms with Crippen LogP contribution in [0.3, 0.4) is 0 Å². The van der Waals surface area contributed by atoms with Gasteiger partial charge in [-0.25, -0.2) is 0 Å². The predicted molar refractivity (Wildman–Crippen MR) is 88.4 cm³/mol. The van der Waals surface area contributed by atoms with Gasteiger partial charge in [-0.1, -0.05) is 12.1 Å². The van der Waals surface area contributed by atoms with Gasteiger partial charge in [-0.15, -0.1) is 0 Å². The lowest BCUT2D eigenvalue weighted by Gasteiger charge is -2.08. The maximum Gasteiger partial charge on any atom is 0.308 e. The summed E-state index contributed by atoms with van der Waals surface area (Å²) in [4.78, 5) is 10.7. The minimum Gasteiger partial charge on any atom is -0.508 e. The van der Waals surface area contributed by atoms with Gasteiger partial charge in [-0.2, -0.15) is 0 Å². The van der Waals surface area contributed by atoms with Crippen LogP contribution in [0.2, 0.25) is 0 Å². The van der Waals surface area contributed by atoms with E-state index in [2.05, 4.69) is 0 Å². The SMILES string of the molecule is COc1cccc(O)c1C.COc1cccc(OC(C)=O)c1C. The third kappa shape index (κ3) is 5.21. The molecule has 0 saturated carbocycles. The van der Waals surface area contributed by atoms with Crippen molar-refractivity contribution in [3.63, 3.8) is 0 Å². The van der Waals surface area contributed by atoms with E-state index < -0.39 is 0 Å². The van der Waals surface area contributed by atoms with Gasteiger partial charge in [-0.05, 0) is 38.1 Å². The molecule has 0 aromatic heterocycles. The number of phenols is 1. The number of carbonyl (C=O) groups is 1. The van der Waals surface area contributed by atoms with Gasteiger partial charge < -0.3 is 19.3 Å². The average Bonchev–Trinajstić information content (AvgIpc) is 2.52. The number of methoxy groups -OCH3 is 2. The molecule has 0 spiro atoms. The molecule has 5 heteroatoms. The first kappa shape index (κ1) is 18.4. The van der Waals surface area contributed by atoms with Gasteiger partial charge in [-0.3, -0.25) is 4.79 Å². The number of aromatic hydroxyl groups is 1. The Hall–Kier alpha value is -2.69. The summed E-state index contributed by atoms with van der Waals surface area (Å²) in [5, 5.41) is 9.15. The maximum absolute atomic E-state index is 10.7. The van der Waals surface area contributed by atoms with Gasteiger partial charge in [0.1, 0.15) is 23.0 Å². The Morgan fingerprint density at radius 3 is 1.83 bits per heavy atom. The van der Waals surface area contributed by atoms with Crippen LogP contribution in [0, 0.1) is 13.8 Å². The highest BCUT2D eigenvalue weighted by atomic mass is 16.5. The van der Waals surface area contributed by atoms with E-state index in [1.807, 2.05) is 26.0 Å². The predicted octanol–water partition coefficient (Wildman–Crippen LogP) is 3.64. The zero-order chi connectivity index (χ0) is 17.4.